The SMILES string of the molecule is CC(O)C(N)C(=O)O.NC(=O)CC(N)C(=O)O.NC(Cc1ccc(O)cc1)C(=O)O. The van der Waals surface area contributed by atoms with Crippen molar-refractivity contribution in [2.24, 2.45) is 22.9 Å². The molecule has 13 heteroatoms. The molecule has 0 radical (unpaired) electrons. The predicted molar refractivity (Wildman–Crippen MR) is 104 cm³/mol. The molecule has 4 atom stereocenters. The van der Waals surface area contributed by atoms with E-state index in [2.05, 4.69) is 5.73 Å². The zero-order chi connectivity index (χ0) is 24.0. The second-order valence-electron chi connectivity index (χ2n) is 6.04. The molecular formula is C17H28N4O9. The molecule has 0 saturated heterocycles. The fraction of sp³-hybridized carbons (Fsp3) is 0.412. The van der Waals surface area contributed by atoms with Crippen LogP contribution in [-0.2, 0) is 25.6 Å². The van der Waals surface area contributed by atoms with E-state index in [4.69, 9.17) is 42.7 Å². The topological polar surface area (TPSA) is 274 Å². The Morgan fingerprint density at radius 3 is 1.53 bits per heavy atom. The summed E-state index contributed by atoms with van der Waals surface area (Å²) in [5.74, 6) is -3.96. The van der Waals surface area contributed by atoms with Gasteiger partial charge in [-0.15, -0.1) is 0 Å². The van der Waals surface area contributed by atoms with Gasteiger partial charge in [0, 0.05) is 0 Å². The van der Waals surface area contributed by atoms with Crippen LogP contribution in [0.3, 0.4) is 0 Å². The molecule has 0 spiro atoms. The van der Waals surface area contributed by atoms with Gasteiger partial charge in [0.1, 0.15) is 23.9 Å². The molecule has 0 aliphatic heterocycles. The number of aromatic hydroxyl groups is 1. The van der Waals surface area contributed by atoms with Crippen LogP contribution in [0.15, 0.2) is 24.3 Å². The molecule has 13 N–H and O–H groups in total. The van der Waals surface area contributed by atoms with Gasteiger partial charge in [0.05, 0.1) is 12.5 Å². The average Bonchev–Trinajstić information content (AvgIpc) is 2.63. The number of amides is 1. The molecule has 1 aromatic rings. The number of benzene rings is 1. The maximum Gasteiger partial charge on any atom is 0.323 e. The number of carbonyl (C=O) groups excluding carboxylic acids is 1. The van der Waals surface area contributed by atoms with Crippen LogP contribution >= 0.6 is 0 Å². The van der Waals surface area contributed by atoms with Crippen LogP contribution in [0.5, 0.6) is 5.75 Å². The van der Waals surface area contributed by atoms with Crippen molar-refractivity contribution in [1.82, 2.24) is 0 Å². The molecule has 13 nitrogen and oxygen atoms in total. The summed E-state index contributed by atoms with van der Waals surface area (Å²) in [5.41, 5.74) is 20.6. The molecule has 30 heavy (non-hydrogen) atoms. The summed E-state index contributed by atoms with van der Waals surface area (Å²) < 4.78 is 0. The van der Waals surface area contributed by atoms with E-state index in [1.165, 1.54) is 19.1 Å². The molecule has 1 rings (SSSR count). The minimum absolute atomic E-state index is 0.160. The lowest BCUT2D eigenvalue weighted by Crippen LogP contribution is -2.39. The van der Waals surface area contributed by atoms with Gasteiger partial charge in [-0.3, -0.25) is 19.2 Å². The number of hydrogen-bond donors (Lipinski definition) is 9. The number of carbonyl (C=O) groups is 4. The smallest absolute Gasteiger partial charge is 0.323 e. The van der Waals surface area contributed by atoms with E-state index in [-0.39, 0.29) is 18.6 Å². The second kappa shape index (κ2) is 14.7. The molecule has 0 heterocycles. The molecule has 0 fully saturated rings. The quantitative estimate of drug-likeness (QED) is 0.204. The first kappa shape index (κ1) is 28.9. The summed E-state index contributed by atoms with van der Waals surface area (Å²) in [6.45, 7) is 1.33. The Balaban J connectivity index is 0. The largest absolute Gasteiger partial charge is 0.508 e. The van der Waals surface area contributed by atoms with E-state index in [1.807, 2.05) is 0 Å². The number of aliphatic hydroxyl groups is 1. The van der Waals surface area contributed by atoms with Crippen LogP contribution < -0.4 is 22.9 Å². The van der Waals surface area contributed by atoms with Gasteiger partial charge in [-0.2, -0.15) is 0 Å². The van der Waals surface area contributed by atoms with E-state index in [9.17, 15) is 19.2 Å². The molecular weight excluding hydrogens is 404 g/mol. The zero-order valence-corrected chi connectivity index (χ0v) is 16.2. The highest BCUT2D eigenvalue weighted by Crippen LogP contribution is 2.10. The van der Waals surface area contributed by atoms with Gasteiger partial charge in [0.25, 0.3) is 0 Å². The first-order valence-corrected chi connectivity index (χ1v) is 8.38. The lowest BCUT2D eigenvalue weighted by atomic mass is 10.1. The van der Waals surface area contributed by atoms with Crippen LogP contribution in [-0.4, -0.2) is 73.6 Å². The van der Waals surface area contributed by atoms with E-state index in [0.717, 1.165) is 5.56 Å². The van der Waals surface area contributed by atoms with Crippen LogP contribution in [0.2, 0.25) is 0 Å². The van der Waals surface area contributed by atoms with Crippen molar-refractivity contribution in [3.63, 3.8) is 0 Å². The third-order valence-electron chi connectivity index (χ3n) is 3.25. The van der Waals surface area contributed by atoms with Crippen molar-refractivity contribution < 1.29 is 44.7 Å². The molecule has 170 valence electrons. The van der Waals surface area contributed by atoms with Crippen molar-refractivity contribution >= 4 is 23.8 Å². The molecule has 0 aromatic heterocycles. The number of phenolic OH excluding ortho intramolecular Hbond substituents is 1. The Labute approximate surface area is 171 Å². The minimum atomic E-state index is -1.21. The maximum atomic E-state index is 10.4. The molecule has 0 aliphatic rings. The molecule has 0 saturated carbocycles. The Hall–Kier alpha value is -3.26. The van der Waals surface area contributed by atoms with Crippen molar-refractivity contribution in [3.8, 4) is 5.75 Å². The number of nitrogens with two attached hydrogens (primary N) is 4. The van der Waals surface area contributed by atoms with Crippen molar-refractivity contribution in [3.05, 3.63) is 29.8 Å². The summed E-state index contributed by atoms with van der Waals surface area (Å²) >= 11 is 0. The third-order valence-corrected chi connectivity index (χ3v) is 3.25. The molecule has 0 aliphatic carbocycles. The zero-order valence-electron chi connectivity index (χ0n) is 16.2. The highest BCUT2D eigenvalue weighted by Gasteiger charge is 2.16. The van der Waals surface area contributed by atoms with Gasteiger partial charge in [0.2, 0.25) is 5.91 Å². The van der Waals surface area contributed by atoms with Gasteiger partial charge in [-0.25, -0.2) is 0 Å². The highest BCUT2D eigenvalue weighted by atomic mass is 16.4. The Morgan fingerprint density at radius 2 is 1.30 bits per heavy atom. The van der Waals surface area contributed by atoms with Crippen LogP contribution in [0.1, 0.15) is 18.9 Å². The summed E-state index contributed by atoms with van der Waals surface area (Å²) in [7, 11) is 0. The van der Waals surface area contributed by atoms with Gasteiger partial charge in [-0.05, 0) is 31.0 Å². The number of carboxylic acids is 3. The monoisotopic (exact) mass is 432 g/mol. The van der Waals surface area contributed by atoms with Crippen molar-refractivity contribution in [2.75, 3.05) is 0 Å². The van der Waals surface area contributed by atoms with Crippen LogP contribution in [0.4, 0.5) is 0 Å². The predicted octanol–water partition coefficient (Wildman–Crippen LogP) is -2.60. The standard InChI is InChI=1S/C9H11NO3.C4H8N2O3.C4H9NO3/c10-8(9(12)13)5-6-1-3-7(11)4-2-6;5-2(4(8)9)1-3(6)7;1-2(6)3(5)4(7)8/h1-4,8,11H,5,10H2,(H,12,13);2H,1,5H2,(H2,6,7)(H,8,9);2-3,6H,5H2,1H3,(H,7,8). The van der Waals surface area contributed by atoms with Crippen molar-refractivity contribution in [2.45, 2.75) is 44.0 Å². The summed E-state index contributed by atoms with van der Waals surface area (Å²) in [6.07, 6.45) is -1.02. The summed E-state index contributed by atoms with van der Waals surface area (Å²) in [5, 5.41) is 42.1. The summed E-state index contributed by atoms with van der Waals surface area (Å²) in [6, 6.07) is 3.10. The fourth-order valence-electron chi connectivity index (χ4n) is 1.48. The van der Waals surface area contributed by atoms with E-state index in [1.54, 1.807) is 12.1 Å². The second-order valence-corrected chi connectivity index (χ2v) is 6.04. The van der Waals surface area contributed by atoms with E-state index in [0.29, 0.717) is 0 Å². The van der Waals surface area contributed by atoms with E-state index < -0.39 is 48.0 Å². The van der Waals surface area contributed by atoms with Gasteiger partial charge >= 0.3 is 17.9 Å². The Kier molecular flexibility index (Phi) is 14.2. The lowest BCUT2D eigenvalue weighted by molar-refractivity contribution is -0.141. The molecule has 1 amide bonds. The number of rotatable bonds is 8. The highest BCUT2D eigenvalue weighted by molar-refractivity contribution is 5.83. The first-order chi connectivity index (χ1) is 13.7. The van der Waals surface area contributed by atoms with Gasteiger partial charge < -0.3 is 48.5 Å². The number of carboxylic acid groups (broad SMARTS) is 3. The molecule has 4 unspecified atom stereocenters. The number of primary amides is 1. The fourth-order valence-corrected chi connectivity index (χ4v) is 1.48. The maximum absolute atomic E-state index is 10.4. The van der Waals surface area contributed by atoms with Crippen LogP contribution in [0.25, 0.3) is 0 Å². The normalized spacial score (nSPS) is 13.8. The first-order valence-electron chi connectivity index (χ1n) is 8.38. The summed E-state index contributed by atoms with van der Waals surface area (Å²) in [4.78, 5) is 40.1. The number of hydrogen-bond acceptors (Lipinski definition) is 9. The molecule has 1 aromatic carbocycles. The average molecular weight is 432 g/mol. The third kappa shape index (κ3) is 14.8. The van der Waals surface area contributed by atoms with Crippen LogP contribution in [0, 0.1) is 0 Å². The van der Waals surface area contributed by atoms with Gasteiger partial charge in [0.15, 0.2) is 0 Å². The van der Waals surface area contributed by atoms with E-state index >= 15 is 0 Å². The number of phenols is 1. The molecule has 0 bridgehead atoms. The lowest BCUT2D eigenvalue weighted by Gasteiger charge is -2.06. The minimum Gasteiger partial charge on any atom is -0.508 e. The van der Waals surface area contributed by atoms with Crippen molar-refractivity contribution in [1.29, 1.82) is 0 Å². The number of aliphatic hydroxyl groups excluding tert-OH is 1. The Bertz CT molecular complexity index is 695. The number of aliphatic carboxylic acids is 3. The Morgan fingerprint density at radius 1 is 0.867 bits per heavy atom. The van der Waals surface area contributed by atoms with Gasteiger partial charge in [-0.1, -0.05) is 12.1 Å².